The van der Waals surface area contributed by atoms with Crippen LogP contribution in [0.5, 0.6) is 0 Å². The first kappa shape index (κ1) is 15.9. The van der Waals surface area contributed by atoms with Crippen LogP contribution in [-0.2, 0) is 16.4 Å². The molecule has 20 heavy (non-hydrogen) atoms. The standard InChI is InChI=1S/C13H23N3O2S2/c1-14-7-6-12-4-5-13(19-12)20(17,18)16-9-3-8-15(2)10-11-16/h4-5,14H,3,6-11H2,1-2H3. The van der Waals surface area contributed by atoms with Crippen molar-refractivity contribution >= 4 is 21.4 Å². The molecule has 7 heteroatoms. The summed E-state index contributed by atoms with van der Waals surface area (Å²) in [5.41, 5.74) is 0. The molecule has 0 saturated carbocycles. The lowest BCUT2D eigenvalue weighted by molar-refractivity contribution is 0.347. The molecule has 0 bridgehead atoms. The SMILES string of the molecule is CNCCc1ccc(S(=O)(=O)N2CCCN(C)CC2)s1. The Morgan fingerprint density at radius 3 is 2.80 bits per heavy atom. The second-order valence-corrected chi connectivity index (χ2v) is 8.47. The van der Waals surface area contributed by atoms with Crippen LogP contribution in [0.3, 0.4) is 0 Å². The summed E-state index contributed by atoms with van der Waals surface area (Å²) in [6.07, 6.45) is 1.77. The summed E-state index contributed by atoms with van der Waals surface area (Å²) in [4.78, 5) is 3.30. The van der Waals surface area contributed by atoms with E-state index in [-0.39, 0.29) is 0 Å². The number of rotatable bonds is 5. The van der Waals surface area contributed by atoms with Crippen molar-refractivity contribution in [3.63, 3.8) is 0 Å². The number of nitrogens with one attached hydrogen (secondary N) is 1. The van der Waals surface area contributed by atoms with Gasteiger partial charge in [-0.2, -0.15) is 4.31 Å². The molecule has 5 nitrogen and oxygen atoms in total. The molecule has 0 spiro atoms. The second kappa shape index (κ2) is 7.00. The van der Waals surface area contributed by atoms with E-state index >= 15 is 0 Å². The molecule has 0 unspecified atom stereocenters. The van der Waals surface area contributed by atoms with Crippen LogP contribution in [-0.4, -0.2) is 64.4 Å². The molecule has 0 atom stereocenters. The van der Waals surface area contributed by atoms with Gasteiger partial charge in [0.1, 0.15) is 4.21 Å². The van der Waals surface area contributed by atoms with Crippen LogP contribution in [0, 0.1) is 0 Å². The van der Waals surface area contributed by atoms with Crippen molar-refractivity contribution in [3.05, 3.63) is 17.0 Å². The van der Waals surface area contributed by atoms with E-state index in [9.17, 15) is 8.42 Å². The van der Waals surface area contributed by atoms with E-state index in [2.05, 4.69) is 10.2 Å². The Balaban J connectivity index is 2.10. The maximum atomic E-state index is 12.6. The average molecular weight is 317 g/mol. The molecule has 1 fully saturated rings. The normalized spacial score (nSPS) is 19.1. The monoisotopic (exact) mass is 317 g/mol. The number of thiophene rings is 1. The van der Waals surface area contributed by atoms with Crippen LogP contribution in [0.1, 0.15) is 11.3 Å². The van der Waals surface area contributed by atoms with Gasteiger partial charge >= 0.3 is 0 Å². The van der Waals surface area contributed by atoms with Crippen LogP contribution >= 0.6 is 11.3 Å². The highest BCUT2D eigenvalue weighted by Crippen LogP contribution is 2.25. The van der Waals surface area contributed by atoms with Crippen molar-refractivity contribution in [2.45, 2.75) is 17.1 Å². The molecule has 0 radical (unpaired) electrons. The molecule has 0 aromatic carbocycles. The summed E-state index contributed by atoms with van der Waals surface area (Å²) in [6, 6.07) is 3.68. The van der Waals surface area contributed by atoms with E-state index in [0.29, 0.717) is 17.3 Å². The summed E-state index contributed by atoms with van der Waals surface area (Å²) < 4.78 is 27.4. The molecule has 1 aliphatic heterocycles. The van der Waals surface area contributed by atoms with Crippen LogP contribution in [0.25, 0.3) is 0 Å². The van der Waals surface area contributed by atoms with Gasteiger partial charge in [-0.1, -0.05) is 0 Å². The minimum Gasteiger partial charge on any atom is -0.319 e. The molecule has 1 saturated heterocycles. The Morgan fingerprint density at radius 2 is 2.05 bits per heavy atom. The highest BCUT2D eigenvalue weighted by atomic mass is 32.2. The number of hydrogen-bond donors (Lipinski definition) is 1. The van der Waals surface area contributed by atoms with E-state index < -0.39 is 10.0 Å². The predicted molar refractivity (Wildman–Crippen MR) is 82.8 cm³/mol. The predicted octanol–water partition coefficient (Wildman–Crippen LogP) is 0.836. The van der Waals surface area contributed by atoms with Gasteiger partial charge in [0.25, 0.3) is 10.0 Å². The third-order valence-electron chi connectivity index (χ3n) is 3.53. The maximum absolute atomic E-state index is 12.6. The van der Waals surface area contributed by atoms with Crippen LogP contribution in [0.2, 0.25) is 0 Å². The summed E-state index contributed by atoms with van der Waals surface area (Å²) in [5, 5.41) is 3.08. The van der Waals surface area contributed by atoms with Gasteiger partial charge < -0.3 is 10.2 Å². The third-order valence-corrected chi connectivity index (χ3v) is 7.04. The minimum atomic E-state index is -3.31. The van der Waals surface area contributed by atoms with Gasteiger partial charge in [0.15, 0.2) is 0 Å². The van der Waals surface area contributed by atoms with Gasteiger partial charge in [-0.3, -0.25) is 0 Å². The first-order valence-corrected chi connectivity index (χ1v) is 9.21. The molecule has 0 amide bonds. The lowest BCUT2D eigenvalue weighted by Gasteiger charge is -2.19. The van der Waals surface area contributed by atoms with Crippen molar-refractivity contribution in [1.82, 2.24) is 14.5 Å². The zero-order valence-electron chi connectivity index (χ0n) is 12.1. The van der Waals surface area contributed by atoms with Crippen molar-refractivity contribution in [3.8, 4) is 0 Å². The largest absolute Gasteiger partial charge is 0.319 e. The van der Waals surface area contributed by atoms with Gasteiger partial charge in [-0.15, -0.1) is 11.3 Å². The highest BCUT2D eigenvalue weighted by Gasteiger charge is 2.27. The minimum absolute atomic E-state index is 0.480. The number of likely N-dealkylation sites (N-methyl/N-ethyl adjacent to an activating group) is 2. The fourth-order valence-corrected chi connectivity index (χ4v) is 5.25. The molecule has 114 valence electrons. The van der Waals surface area contributed by atoms with Crippen molar-refractivity contribution < 1.29 is 8.42 Å². The highest BCUT2D eigenvalue weighted by molar-refractivity contribution is 7.91. The van der Waals surface area contributed by atoms with E-state index in [0.717, 1.165) is 37.4 Å². The Bertz CT molecular complexity index is 527. The van der Waals surface area contributed by atoms with Gasteiger partial charge in [-0.05, 0) is 52.2 Å². The second-order valence-electron chi connectivity index (χ2n) is 5.14. The first-order chi connectivity index (χ1) is 9.54. The molecule has 2 rings (SSSR count). The van der Waals surface area contributed by atoms with E-state index in [1.54, 1.807) is 10.4 Å². The van der Waals surface area contributed by atoms with Gasteiger partial charge in [0.2, 0.25) is 0 Å². The van der Waals surface area contributed by atoms with Crippen molar-refractivity contribution in [2.75, 3.05) is 46.8 Å². The molecule has 1 aliphatic rings. The first-order valence-electron chi connectivity index (χ1n) is 6.96. The van der Waals surface area contributed by atoms with E-state index in [1.165, 1.54) is 11.3 Å². The van der Waals surface area contributed by atoms with Crippen molar-refractivity contribution in [1.29, 1.82) is 0 Å². The molecular weight excluding hydrogens is 294 g/mol. The fraction of sp³-hybridized carbons (Fsp3) is 0.692. The lowest BCUT2D eigenvalue weighted by Crippen LogP contribution is -2.34. The maximum Gasteiger partial charge on any atom is 0.252 e. The quantitative estimate of drug-likeness (QED) is 0.874. The molecular formula is C13H23N3O2S2. The Labute approximate surface area is 125 Å². The molecule has 1 aromatic heterocycles. The Morgan fingerprint density at radius 1 is 1.25 bits per heavy atom. The number of nitrogens with zero attached hydrogens (tertiary/aromatic N) is 2. The Hall–Kier alpha value is -0.470. The summed E-state index contributed by atoms with van der Waals surface area (Å²) in [5.74, 6) is 0. The van der Waals surface area contributed by atoms with E-state index in [4.69, 9.17) is 0 Å². The van der Waals surface area contributed by atoms with Gasteiger partial charge in [0.05, 0.1) is 0 Å². The average Bonchev–Trinajstić information content (AvgIpc) is 2.79. The third kappa shape index (κ3) is 3.79. The van der Waals surface area contributed by atoms with Gasteiger partial charge in [0, 0.05) is 24.5 Å². The van der Waals surface area contributed by atoms with Crippen LogP contribution in [0.4, 0.5) is 0 Å². The molecule has 1 N–H and O–H groups in total. The topological polar surface area (TPSA) is 52.7 Å². The molecule has 0 aliphatic carbocycles. The summed E-state index contributed by atoms with van der Waals surface area (Å²) >= 11 is 1.40. The fourth-order valence-electron chi connectivity index (χ4n) is 2.27. The van der Waals surface area contributed by atoms with Crippen molar-refractivity contribution in [2.24, 2.45) is 0 Å². The molecule has 2 heterocycles. The van der Waals surface area contributed by atoms with E-state index in [1.807, 2.05) is 20.2 Å². The zero-order valence-corrected chi connectivity index (χ0v) is 13.8. The number of hydrogen-bond acceptors (Lipinski definition) is 5. The number of sulfonamides is 1. The van der Waals surface area contributed by atoms with Crippen LogP contribution in [0.15, 0.2) is 16.3 Å². The zero-order chi connectivity index (χ0) is 14.6. The summed E-state index contributed by atoms with van der Waals surface area (Å²) in [6.45, 7) is 3.84. The Kier molecular flexibility index (Phi) is 5.57. The molecule has 1 aromatic rings. The summed E-state index contributed by atoms with van der Waals surface area (Å²) in [7, 11) is 0.632. The smallest absolute Gasteiger partial charge is 0.252 e. The lowest BCUT2D eigenvalue weighted by atomic mass is 10.3. The van der Waals surface area contributed by atoms with Gasteiger partial charge in [-0.25, -0.2) is 8.42 Å². The van der Waals surface area contributed by atoms with Crippen LogP contribution < -0.4 is 5.32 Å².